The summed E-state index contributed by atoms with van der Waals surface area (Å²) in [6, 6.07) is 18.9. The van der Waals surface area contributed by atoms with Gasteiger partial charge in [0.2, 0.25) is 5.78 Å². The molecule has 4 rings (SSSR count). The summed E-state index contributed by atoms with van der Waals surface area (Å²) in [7, 11) is 0. The van der Waals surface area contributed by atoms with Crippen LogP contribution in [0.5, 0.6) is 0 Å². The Morgan fingerprint density at radius 3 is 1.50 bits per heavy atom. The van der Waals surface area contributed by atoms with Gasteiger partial charge >= 0.3 is 0 Å². The van der Waals surface area contributed by atoms with E-state index in [9.17, 15) is 4.79 Å². The molecule has 0 radical (unpaired) electrons. The fraction of sp³-hybridized carbons (Fsp3) is 0. The van der Waals surface area contributed by atoms with Crippen molar-refractivity contribution in [2.75, 3.05) is 0 Å². The number of rotatable bonds is 4. The van der Waals surface area contributed by atoms with E-state index in [0.717, 1.165) is 11.4 Å². The van der Waals surface area contributed by atoms with Crippen LogP contribution in [-0.4, -0.2) is 35.8 Å². The fourth-order valence-electron chi connectivity index (χ4n) is 2.28. The van der Waals surface area contributed by atoms with Crippen LogP contribution in [0, 0.1) is 0 Å². The normalized spacial score (nSPS) is 10.7. The Balaban J connectivity index is 1.61. The van der Waals surface area contributed by atoms with Crippen LogP contribution in [0.15, 0.2) is 73.1 Å². The molecule has 0 aliphatic heterocycles. The summed E-state index contributed by atoms with van der Waals surface area (Å²) in [6.45, 7) is 0. The summed E-state index contributed by atoms with van der Waals surface area (Å²) >= 11 is 0. The first-order valence-electron chi connectivity index (χ1n) is 7.31. The van der Waals surface area contributed by atoms with E-state index in [1.165, 1.54) is 0 Å². The molecule has 7 nitrogen and oxygen atoms in total. The van der Waals surface area contributed by atoms with Crippen molar-refractivity contribution < 1.29 is 4.79 Å². The van der Waals surface area contributed by atoms with Crippen molar-refractivity contribution in [3.8, 4) is 11.4 Å². The largest absolute Gasteiger partial charge is 0.285 e. The van der Waals surface area contributed by atoms with Gasteiger partial charge in [-0.2, -0.15) is 0 Å². The molecule has 0 saturated heterocycles. The molecule has 2 aromatic carbocycles. The zero-order valence-corrected chi connectivity index (χ0v) is 12.5. The number of hydrogen-bond donors (Lipinski definition) is 0. The first kappa shape index (κ1) is 14.0. The van der Waals surface area contributed by atoms with E-state index in [2.05, 4.69) is 20.6 Å². The first-order valence-corrected chi connectivity index (χ1v) is 7.31. The number of ketones is 1. The molecule has 4 aromatic rings. The Bertz CT molecular complexity index is 895. The zero-order chi connectivity index (χ0) is 16.4. The van der Waals surface area contributed by atoms with Crippen LogP contribution in [0.1, 0.15) is 16.2 Å². The van der Waals surface area contributed by atoms with Gasteiger partial charge in [0.1, 0.15) is 0 Å². The summed E-state index contributed by atoms with van der Waals surface area (Å²) in [6.07, 6.45) is 3.17. The second-order valence-corrected chi connectivity index (χ2v) is 5.10. The van der Waals surface area contributed by atoms with Gasteiger partial charge in [-0.25, -0.2) is 9.36 Å². The smallest absolute Gasteiger partial charge is 0.236 e. The van der Waals surface area contributed by atoms with Crippen molar-refractivity contribution in [2.45, 2.75) is 0 Å². The number of nitrogens with zero attached hydrogens (tertiary/aromatic N) is 6. The van der Waals surface area contributed by atoms with Gasteiger partial charge in [0, 0.05) is 0 Å². The molecule has 0 fully saturated rings. The van der Waals surface area contributed by atoms with Gasteiger partial charge in [0.15, 0.2) is 11.4 Å². The maximum absolute atomic E-state index is 12.5. The predicted molar refractivity (Wildman–Crippen MR) is 86.2 cm³/mol. The zero-order valence-electron chi connectivity index (χ0n) is 12.5. The number of para-hydroxylation sites is 2. The van der Waals surface area contributed by atoms with Crippen LogP contribution in [0.25, 0.3) is 11.4 Å². The lowest BCUT2D eigenvalue weighted by atomic mass is 10.2. The van der Waals surface area contributed by atoms with E-state index in [1.807, 2.05) is 60.7 Å². The molecule has 7 heteroatoms. The highest BCUT2D eigenvalue weighted by atomic mass is 16.1. The minimum absolute atomic E-state index is 0.221. The molecule has 0 aliphatic carbocycles. The average molecular weight is 316 g/mol. The lowest BCUT2D eigenvalue weighted by molar-refractivity contribution is 0.102. The minimum atomic E-state index is -0.320. The van der Waals surface area contributed by atoms with Gasteiger partial charge in [-0.3, -0.25) is 4.79 Å². The molecule has 24 heavy (non-hydrogen) atoms. The Kier molecular flexibility index (Phi) is 3.43. The molecular formula is C17H12N6O. The van der Waals surface area contributed by atoms with Crippen LogP contribution in [0.2, 0.25) is 0 Å². The molecule has 0 bridgehead atoms. The van der Waals surface area contributed by atoms with Crippen molar-refractivity contribution in [1.29, 1.82) is 0 Å². The number of carbonyl (C=O) groups excluding carboxylic acids is 1. The number of carbonyl (C=O) groups is 1. The first-order chi connectivity index (χ1) is 11.8. The Morgan fingerprint density at radius 2 is 1.08 bits per heavy atom. The third kappa shape index (κ3) is 2.58. The number of aromatic nitrogens is 6. The van der Waals surface area contributed by atoms with Crippen molar-refractivity contribution in [3.05, 3.63) is 84.4 Å². The summed E-state index contributed by atoms with van der Waals surface area (Å²) < 4.78 is 3.10. The van der Waals surface area contributed by atoms with Crippen LogP contribution in [0.3, 0.4) is 0 Å². The molecule has 0 aliphatic rings. The van der Waals surface area contributed by atoms with Gasteiger partial charge in [0.25, 0.3) is 0 Å². The highest BCUT2D eigenvalue weighted by Gasteiger charge is 2.18. The molecule has 0 amide bonds. The average Bonchev–Trinajstić information content (AvgIpc) is 3.33. The van der Waals surface area contributed by atoms with E-state index in [0.29, 0.717) is 0 Å². The lowest BCUT2D eigenvalue weighted by Crippen LogP contribution is -2.02. The van der Waals surface area contributed by atoms with Gasteiger partial charge < -0.3 is 0 Å². The molecule has 2 heterocycles. The Labute approximate surface area is 137 Å². The van der Waals surface area contributed by atoms with Crippen molar-refractivity contribution in [3.63, 3.8) is 0 Å². The quantitative estimate of drug-likeness (QED) is 0.539. The van der Waals surface area contributed by atoms with Crippen molar-refractivity contribution in [1.82, 2.24) is 30.0 Å². The van der Waals surface area contributed by atoms with E-state index < -0.39 is 0 Å². The third-order valence-corrected chi connectivity index (χ3v) is 3.49. The van der Waals surface area contributed by atoms with E-state index >= 15 is 0 Å². The second-order valence-electron chi connectivity index (χ2n) is 5.10. The predicted octanol–water partition coefficient (Wildman–Crippen LogP) is 2.08. The lowest BCUT2D eigenvalue weighted by Gasteiger charge is -1.97. The molecule has 0 saturated carbocycles. The Hall–Kier alpha value is -3.61. The summed E-state index contributed by atoms with van der Waals surface area (Å²) in [5, 5.41) is 15.9. The Morgan fingerprint density at radius 1 is 0.667 bits per heavy atom. The van der Waals surface area contributed by atoms with Crippen LogP contribution >= 0.6 is 0 Å². The molecule has 0 spiro atoms. The minimum Gasteiger partial charge on any atom is -0.285 e. The summed E-state index contributed by atoms with van der Waals surface area (Å²) in [4.78, 5) is 12.5. The topological polar surface area (TPSA) is 78.5 Å². The summed E-state index contributed by atoms with van der Waals surface area (Å²) in [5.74, 6) is -0.320. The molecule has 2 aromatic heterocycles. The van der Waals surface area contributed by atoms with Crippen molar-refractivity contribution in [2.24, 2.45) is 0 Å². The number of benzene rings is 2. The molecule has 0 N–H and O–H groups in total. The monoisotopic (exact) mass is 316 g/mol. The van der Waals surface area contributed by atoms with Crippen LogP contribution in [-0.2, 0) is 0 Å². The van der Waals surface area contributed by atoms with Crippen LogP contribution < -0.4 is 0 Å². The maximum atomic E-state index is 12.5. The number of hydrogen-bond acceptors (Lipinski definition) is 5. The van der Waals surface area contributed by atoms with Gasteiger partial charge in [-0.1, -0.05) is 46.8 Å². The van der Waals surface area contributed by atoms with E-state index in [4.69, 9.17) is 0 Å². The summed E-state index contributed by atoms with van der Waals surface area (Å²) in [5.41, 5.74) is 2.10. The second kappa shape index (κ2) is 5.88. The highest BCUT2D eigenvalue weighted by Crippen LogP contribution is 2.10. The maximum Gasteiger partial charge on any atom is 0.236 e. The van der Waals surface area contributed by atoms with Crippen molar-refractivity contribution >= 4 is 5.78 Å². The molecular weight excluding hydrogens is 304 g/mol. The fourth-order valence-corrected chi connectivity index (χ4v) is 2.28. The third-order valence-electron chi connectivity index (χ3n) is 3.49. The standard InChI is InChI=1S/C17H12N6O/c24-17(15-11-22(20-18-15)13-7-3-1-4-8-13)16-12-23(21-19-16)14-9-5-2-6-10-14/h1-12H. The van der Waals surface area contributed by atoms with Crippen LogP contribution in [0.4, 0.5) is 0 Å². The van der Waals surface area contributed by atoms with E-state index in [-0.39, 0.29) is 17.2 Å². The SMILES string of the molecule is O=C(c1cn(-c2ccccc2)nn1)c1cn(-c2ccccc2)nn1. The highest BCUT2D eigenvalue weighted by molar-refractivity contribution is 6.05. The van der Waals surface area contributed by atoms with Gasteiger partial charge in [0.05, 0.1) is 23.8 Å². The molecule has 0 unspecified atom stereocenters. The van der Waals surface area contributed by atoms with Gasteiger partial charge in [-0.05, 0) is 24.3 Å². The van der Waals surface area contributed by atoms with Gasteiger partial charge in [-0.15, -0.1) is 10.2 Å². The van der Waals surface area contributed by atoms with E-state index in [1.54, 1.807) is 21.8 Å². The molecule has 0 atom stereocenters. The molecule has 116 valence electrons.